The van der Waals surface area contributed by atoms with Crippen molar-refractivity contribution in [3.05, 3.63) is 33.8 Å². The number of benzene rings is 1. The average Bonchev–Trinajstić information content (AvgIpc) is 2.32. The summed E-state index contributed by atoms with van der Waals surface area (Å²) in [5.41, 5.74) is 0.930. The first-order valence-corrected chi connectivity index (χ1v) is 6.23. The zero-order chi connectivity index (χ0) is 12.4. The summed E-state index contributed by atoms with van der Waals surface area (Å²) < 4.78 is 0. The van der Waals surface area contributed by atoms with Gasteiger partial charge in [-0.2, -0.15) is 0 Å². The molecule has 1 aliphatic rings. The number of piperidine rings is 1. The Morgan fingerprint density at radius 3 is 2.67 bits per heavy atom. The van der Waals surface area contributed by atoms with Gasteiger partial charge in [-0.25, -0.2) is 0 Å². The van der Waals surface area contributed by atoms with E-state index >= 15 is 0 Å². The van der Waals surface area contributed by atoms with Crippen LogP contribution in [0.15, 0.2) is 18.2 Å². The van der Waals surface area contributed by atoms with Gasteiger partial charge in [-0.15, -0.1) is 12.4 Å². The second-order valence-electron chi connectivity index (χ2n) is 4.22. The maximum absolute atomic E-state index is 11.2. The highest BCUT2D eigenvalue weighted by atomic mass is 35.5. The van der Waals surface area contributed by atoms with Gasteiger partial charge in [0, 0.05) is 12.5 Å². The minimum absolute atomic E-state index is 0. The number of nitrogens with one attached hydrogen (secondary N) is 1. The first kappa shape index (κ1) is 15.6. The van der Waals surface area contributed by atoms with Gasteiger partial charge in [0.05, 0.1) is 16.0 Å². The Balaban J connectivity index is 0.00000162. The summed E-state index contributed by atoms with van der Waals surface area (Å²) in [6.45, 7) is 1.41. The number of aliphatic carboxylic acids is 1. The number of halogens is 3. The lowest BCUT2D eigenvalue weighted by molar-refractivity contribution is -0.143. The lowest BCUT2D eigenvalue weighted by atomic mass is 9.81. The van der Waals surface area contributed by atoms with Crippen LogP contribution in [0.4, 0.5) is 0 Å². The van der Waals surface area contributed by atoms with E-state index in [1.54, 1.807) is 12.1 Å². The molecule has 2 N–H and O–H groups in total. The summed E-state index contributed by atoms with van der Waals surface area (Å²) in [5, 5.41) is 13.4. The fourth-order valence-corrected chi connectivity index (χ4v) is 2.55. The molecule has 2 rings (SSSR count). The molecule has 0 aromatic heterocycles. The molecule has 0 aliphatic carbocycles. The molecule has 0 spiro atoms. The van der Waals surface area contributed by atoms with E-state index in [1.807, 2.05) is 6.07 Å². The number of hydrogen-bond donors (Lipinski definition) is 2. The number of hydrogen-bond acceptors (Lipinski definition) is 2. The molecule has 0 saturated carbocycles. The molecule has 6 heteroatoms. The van der Waals surface area contributed by atoms with Gasteiger partial charge in [0.15, 0.2) is 0 Å². The van der Waals surface area contributed by atoms with Crippen molar-refractivity contribution in [3.63, 3.8) is 0 Å². The second kappa shape index (κ2) is 6.62. The Morgan fingerprint density at radius 1 is 1.33 bits per heavy atom. The number of carboxylic acid groups (broad SMARTS) is 1. The van der Waals surface area contributed by atoms with E-state index in [0.29, 0.717) is 23.0 Å². The molecule has 1 aromatic carbocycles. The van der Waals surface area contributed by atoms with Crippen molar-refractivity contribution in [1.82, 2.24) is 5.32 Å². The molecule has 1 fully saturated rings. The van der Waals surface area contributed by atoms with Crippen LogP contribution in [0.3, 0.4) is 0 Å². The van der Waals surface area contributed by atoms with Gasteiger partial charge in [-0.3, -0.25) is 4.79 Å². The highest BCUT2D eigenvalue weighted by molar-refractivity contribution is 6.42. The van der Waals surface area contributed by atoms with Gasteiger partial charge in [0.25, 0.3) is 0 Å². The van der Waals surface area contributed by atoms with Crippen LogP contribution >= 0.6 is 35.6 Å². The second-order valence-corrected chi connectivity index (χ2v) is 5.03. The van der Waals surface area contributed by atoms with Crippen LogP contribution in [0.1, 0.15) is 17.9 Å². The molecule has 3 nitrogen and oxygen atoms in total. The van der Waals surface area contributed by atoms with Crippen LogP contribution in [0, 0.1) is 5.92 Å². The molecule has 1 heterocycles. The first-order valence-electron chi connectivity index (χ1n) is 5.48. The zero-order valence-electron chi connectivity index (χ0n) is 9.53. The summed E-state index contributed by atoms with van der Waals surface area (Å²) in [5.74, 6) is -1.15. The van der Waals surface area contributed by atoms with E-state index in [1.165, 1.54) is 0 Å². The van der Waals surface area contributed by atoms with Gasteiger partial charge < -0.3 is 10.4 Å². The molecule has 0 bridgehead atoms. The molecule has 1 saturated heterocycles. The fourth-order valence-electron chi connectivity index (χ4n) is 2.25. The predicted octanol–water partition coefficient (Wildman–Crippen LogP) is 3.19. The van der Waals surface area contributed by atoms with Crippen LogP contribution in [0.2, 0.25) is 10.0 Å². The van der Waals surface area contributed by atoms with Crippen molar-refractivity contribution in [1.29, 1.82) is 0 Å². The van der Waals surface area contributed by atoms with Crippen LogP contribution in [-0.2, 0) is 4.79 Å². The molecular formula is C12H14Cl3NO2. The maximum atomic E-state index is 11.2. The van der Waals surface area contributed by atoms with Crippen LogP contribution in [-0.4, -0.2) is 24.2 Å². The quantitative estimate of drug-likeness (QED) is 0.882. The third-order valence-electron chi connectivity index (χ3n) is 3.17. The monoisotopic (exact) mass is 309 g/mol. The third-order valence-corrected chi connectivity index (χ3v) is 3.91. The van der Waals surface area contributed by atoms with E-state index < -0.39 is 5.97 Å². The van der Waals surface area contributed by atoms with Gasteiger partial charge in [0.1, 0.15) is 0 Å². The predicted molar refractivity (Wildman–Crippen MR) is 75.1 cm³/mol. The highest BCUT2D eigenvalue weighted by Crippen LogP contribution is 2.33. The van der Waals surface area contributed by atoms with Gasteiger partial charge in [-0.05, 0) is 30.7 Å². The number of carboxylic acids is 1. The van der Waals surface area contributed by atoms with Gasteiger partial charge in [0.2, 0.25) is 0 Å². The normalized spacial score (nSPS) is 23.2. The smallest absolute Gasteiger partial charge is 0.307 e. The largest absolute Gasteiger partial charge is 0.481 e. The van der Waals surface area contributed by atoms with Crippen LogP contribution in [0.5, 0.6) is 0 Å². The topological polar surface area (TPSA) is 49.3 Å². The fraction of sp³-hybridized carbons (Fsp3) is 0.417. The Labute approximate surface area is 122 Å². The SMILES string of the molecule is Cl.O=C(O)C1CCNCC1c1ccc(Cl)c(Cl)c1. The van der Waals surface area contributed by atoms with Crippen molar-refractivity contribution in [2.24, 2.45) is 5.92 Å². The van der Waals surface area contributed by atoms with E-state index in [4.69, 9.17) is 23.2 Å². The van der Waals surface area contributed by atoms with Crippen molar-refractivity contribution in [3.8, 4) is 0 Å². The standard InChI is InChI=1S/C12H13Cl2NO2.ClH/c13-10-2-1-7(5-11(10)14)9-6-15-4-3-8(9)12(16)17;/h1-2,5,8-9,15H,3-4,6H2,(H,16,17);1H. The Kier molecular flexibility index (Phi) is 5.73. The number of rotatable bonds is 2. The third kappa shape index (κ3) is 3.29. The van der Waals surface area contributed by atoms with Crippen molar-refractivity contribution >= 4 is 41.6 Å². The summed E-state index contributed by atoms with van der Waals surface area (Å²) in [6.07, 6.45) is 0.639. The van der Waals surface area contributed by atoms with Gasteiger partial charge >= 0.3 is 5.97 Å². The summed E-state index contributed by atoms with van der Waals surface area (Å²) in [7, 11) is 0. The van der Waals surface area contributed by atoms with Crippen molar-refractivity contribution in [2.75, 3.05) is 13.1 Å². The summed E-state index contributed by atoms with van der Waals surface area (Å²) in [4.78, 5) is 11.2. The molecule has 100 valence electrons. The highest BCUT2D eigenvalue weighted by Gasteiger charge is 2.31. The molecule has 2 atom stereocenters. The summed E-state index contributed by atoms with van der Waals surface area (Å²) >= 11 is 11.8. The maximum Gasteiger partial charge on any atom is 0.307 e. The van der Waals surface area contributed by atoms with E-state index in [2.05, 4.69) is 5.32 Å². The molecule has 1 aromatic rings. The molecule has 0 amide bonds. The Bertz CT molecular complexity index is 439. The van der Waals surface area contributed by atoms with Crippen molar-refractivity contribution < 1.29 is 9.90 Å². The van der Waals surface area contributed by atoms with E-state index in [0.717, 1.165) is 12.1 Å². The molecule has 18 heavy (non-hydrogen) atoms. The van der Waals surface area contributed by atoms with Crippen molar-refractivity contribution in [2.45, 2.75) is 12.3 Å². The minimum atomic E-state index is -0.748. The Morgan fingerprint density at radius 2 is 2.06 bits per heavy atom. The van der Waals surface area contributed by atoms with Crippen LogP contribution < -0.4 is 5.32 Å². The first-order chi connectivity index (χ1) is 8.09. The lowest BCUT2D eigenvalue weighted by Crippen LogP contribution is -2.38. The molecule has 0 radical (unpaired) electrons. The molecule has 2 unspecified atom stereocenters. The van der Waals surface area contributed by atoms with Crippen LogP contribution in [0.25, 0.3) is 0 Å². The number of carbonyl (C=O) groups is 1. The Hall–Kier alpha value is -0.480. The lowest BCUT2D eigenvalue weighted by Gasteiger charge is -2.29. The summed E-state index contributed by atoms with van der Waals surface area (Å²) in [6, 6.07) is 5.33. The molecular weight excluding hydrogens is 296 g/mol. The average molecular weight is 311 g/mol. The van der Waals surface area contributed by atoms with Gasteiger partial charge in [-0.1, -0.05) is 29.3 Å². The zero-order valence-corrected chi connectivity index (χ0v) is 11.9. The minimum Gasteiger partial charge on any atom is -0.481 e. The molecule has 1 aliphatic heterocycles. The van der Waals surface area contributed by atoms with E-state index in [-0.39, 0.29) is 24.2 Å². The van der Waals surface area contributed by atoms with E-state index in [9.17, 15) is 9.90 Å².